The highest BCUT2D eigenvalue weighted by Crippen LogP contribution is 2.42. The molecule has 1 fully saturated rings. The molecular formula is C28H24FNO5. The number of benzene rings is 3. The average Bonchev–Trinajstić information content (AvgIpc) is 3.15. The van der Waals surface area contributed by atoms with Crippen LogP contribution in [0.15, 0.2) is 72.3 Å². The van der Waals surface area contributed by atoms with Gasteiger partial charge in [0.25, 0.3) is 11.7 Å². The number of amides is 1. The van der Waals surface area contributed by atoms with Crippen LogP contribution in [0.4, 0.5) is 10.1 Å². The lowest BCUT2D eigenvalue weighted by Crippen LogP contribution is -2.29. The highest BCUT2D eigenvalue weighted by Gasteiger charge is 2.47. The molecule has 1 amide bonds. The molecule has 7 heteroatoms. The van der Waals surface area contributed by atoms with Crippen LogP contribution in [0.5, 0.6) is 0 Å². The Hall–Kier alpha value is -4.26. The number of carbonyl (C=O) groups is 3. The van der Waals surface area contributed by atoms with E-state index in [1.807, 2.05) is 19.1 Å². The quantitative estimate of drug-likeness (QED) is 0.241. The molecule has 3 aromatic carbocycles. The smallest absolute Gasteiger partial charge is 0.337 e. The van der Waals surface area contributed by atoms with Crippen LogP contribution in [0, 0.1) is 12.7 Å². The number of ether oxygens (including phenoxy) is 1. The molecule has 0 aliphatic carbocycles. The summed E-state index contributed by atoms with van der Waals surface area (Å²) in [7, 11) is 1.25. The number of esters is 1. The molecule has 1 saturated heterocycles. The number of ketones is 1. The number of aliphatic hydroxyl groups excluding tert-OH is 1. The zero-order valence-corrected chi connectivity index (χ0v) is 19.5. The second-order valence-electron chi connectivity index (χ2n) is 8.27. The first-order chi connectivity index (χ1) is 16.8. The Morgan fingerprint density at radius 3 is 2.37 bits per heavy atom. The van der Waals surface area contributed by atoms with Crippen molar-refractivity contribution in [1.82, 2.24) is 0 Å². The molecule has 3 aromatic rings. The zero-order chi connectivity index (χ0) is 25.3. The predicted octanol–water partition coefficient (Wildman–Crippen LogP) is 5.11. The lowest BCUT2D eigenvalue weighted by atomic mass is 9.94. The molecule has 0 spiro atoms. The first-order valence-corrected chi connectivity index (χ1v) is 11.1. The Kier molecular flexibility index (Phi) is 6.51. The van der Waals surface area contributed by atoms with Gasteiger partial charge in [0.05, 0.1) is 24.3 Å². The summed E-state index contributed by atoms with van der Waals surface area (Å²) in [5.74, 6) is -3.17. The van der Waals surface area contributed by atoms with Crippen LogP contribution in [0.3, 0.4) is 0 Å². The highest BCUT2D eigenvalue weighted by atomic mass is 19.1. The molecule has 1 aliphatic rings. The molecule has 1 unspecified atom stereocenters. The Morgan fingerprint density at radius 2 is 1.74 bits per heavy atom. The Balaban J connectivity index is 1.94. The summed E-state index contributed by atoms with van der Waals surface area (Å²) in [6.07, 6.45) is 0.802. The number of rotatable bonds is 5. The largest absolute Gasteiger partial charge is 0.507 e. The van der Waals surface area contributed by atoms with Gasteiger partial charge >= 0.3 is 5.97 Å². The van der Waals surface area contributed by atoms with E-state index in [2.05, 4.69) is 0 Å². The number of nitrogens with zero attached hydrogens (tertiary/aromatic N) is 1. The normalized spacial score (nSPS) is 17.0. The van der Waals surface area contributed by atoms with Gasteiger partial charge in [-0.3, -0.25) is 14.5 Å². The molecule has 35 heavy (non-hydrogen) atoms. The van der Waals surface area contributed by atoms with E-state index in [1.165, 1.54) is 42.3 Å². The molecule has 4 rings (SSSR count). The molecule has 0 bridgehead atoms. The molecule has 1 atom stereocenters. The zero-order valence-electron chi connectivity index (χ0n) is 19.5. The molecule has 1 N–H and O–H groups in total. The number of anilines is 1. The molecule has 178 valence electrons. The number of carbonyl (C=O) groups excluding carboxylic acids is 3. The van der Waals surface area contributed by atoms with E-state index in [0.717, 1.165) is 12.0 Å². The maximum absolute atomic E-state index is 13.8. The first-order valence-electron chi connectivity index (χ1n) is 11.1. The fraction of sp³-hybridized carbons (Fsp3) is 0.179. The third-order valence-electron chi connectivity index (χ3n) is 6.12. The van der Waals surface area contributed by atoms with E-state index in [9.17, 15) is 23.9 Å². The van der Waals surface area contributed by atoms with E-state index in [-0.39, 0.29) is 22.3 Å². The summed E-state index contributed by atoms with van der Waals surface area (Å²) in [6, 6.07) is 16.6. The van der Waals surface area contributed by atoms with Gasteiger partial charge in [0.15, 0.2) is 0 Å². The van der Waals surface area contributed by atoms with Crippen LogP contribution < -0.4 is 4.90 Å². The van der Waals surface area contributed by atoms with Crippen molar-refractivity contribution >= 4 is 29.1 Å². The van der Waals surface area contributed by atoms with E-state index >= 15 is 0 Å². The number of aryl methyl sites for hydroxylation is 2. The van der Waals surface area contributed by atoms with Gasteiger partial charge in [-0.25, -0.2) is 9.18 Å². The van der Waals surface area contributed by atoms with Gasteiger partial charge in [0, 0.05) is 11.3 Å². The van der Waals surface area contributed by atoms with E-state index in [1.54, 1.807) is 31.2 Å². The van der Waals surface area contributed by atoms with Crippen molar-refractivity contribution in [3.63, 3.8) is 0 Å². The van der Waals surface area contributed by atoms with E-state index < -0.39 is 35.3 Å². The molecule has 6 nitrogen and oxygen atoms in total. The van der Waals surface area contributed by atoms with Crippen molar-refractivity contribution in [2.45, 2.75) is 26.3 Å². The van der Waals surface area contributed by atoms with Gasteiger partial charge in [-0.15, -0.1) is 0 Å². The van der Waals surface area contributed by atoms with Crippen LogP contribution in [0.25, 0.3) is 5.76 Å². The van der Waals surface area contributed by atoms with Crippen molar-refractivity contribution in [3.05, 3.63) is 106 Å². The SMILES string of the molecule is CCc1ccc(C2/C(=C(\O)c3ccc(F)c(C)c3)C(=O)C(=O)N2c2cccc(C(=O)OC)c2)cc1. The third kappa shape index (κ3) is 4.33. The molecule has 0 aromatic heterocycles. The van der Waals surface area contributed by atoms with Crippen molar-refractivity contribution < 1.29 is 28.6 Å². The van der Waals surface area contributed by atoms with Crippen LogP contribution in [0.1, 0.15) is 45.6 Å². The molecule has 1 heterocycles. The minimum absolute atomic E-state index is 0.117. The van der Waals surface area contributed by atoms with Gasteiger partial charge in [0.2, 0.25) is 0 Å². The minimum atomic E-state index is -0.959. The topological polar surface area (TPSA) is 83.9 Å². The molecular weight excluding hydrogens is 449 g/mol. The summed E-state index contributed by atoms with van der Waals surface area (Å²) >= 11 is 0. The number of hydrogen-bond acceptors (Lipinski definition) is 5. The molecule has 0 saturated carbocycles. The summed E-state index contributed by atoms with van der Waals surface area (Å²) in [5, 5.41) is 11.2. The van der Waals surface area contributed by atoms with Crippen molar-refractivity contribution in [2.24, 2.45) is 0 Å². The van der Waals surface area contributed by atoms with Crippen molar-refractivity contribution in [2.75, 3.05) is 12.0 Å². The van der Waals surface area contributed by atoms with Crippen molar-refractivity contribution in [1.29, 1.82) is 0 Å². The monoisotopic (exact) mass is 473 g/mol. The maximum Gasteiger partial charge on any atom is 0.337 e. The van der Waals surface area contributed by atoms with Gasteiger partial charge in [0.1, 0.15) is 11.6 Å². The first kappa shape index (κ1) is 23.9. The number of aliphatic hydroxyl groups is 1. The van der Waals surface area contributed by atoms with Gasteiger partial charge in [-0.2, -0.15) is 0 Å². The van der Waals surface area contributed by atoms with E-state index in [0.29, 0.717) is 11.3 Å². The fourth-order valence-corrected chi connectivity index (χ4v) is 4.20. The Bertz CT molecular complexity index is 1360. The summed E-state index contributed by atoms with van der Waals surface area (Å²) in [4.78, 5) is 39.9. The van der Waals surface area contributed by atoms with Crippen LogP contribution in [-0.2, 0) is 20.7 Å². The number of hydrogen-bond donors (Lipinski definition) is 1. The maximum atomic E-state index is 13.8. The van der Waals surface area contributed by atoms with Crippen LogP contribution in [-0.4, -0.2) is 29.9 Å². The fourth-order valence-electron chi connectivity index (χ4n) is 4.20. The standard InChI is InChI=1S/C28H24FNO5/c1-4-17-8-10-18(11-9-17)24-23(25(31)19-12-13-22(29)16(2)14-19)26(32)27(33)30(24)21-7-5-6-20(15-21)28(34)35-3/h5-15,24,31H,4H2,1-3H3/b25-23+. The van der Waals surface area contributed by atoms with Gasteiger partial charge < -0.3 is 9.84 Å². The lowest BCUT2D eigenvalue weighted by Gasteiger charge is -2.26. The van der Waals surface area contributed by atoms with Gasteiger partial charge in [-0.1, -0.05) is 37.3 Å². The Morgan fingerprint density at radius 1 is 1.03 bits per heavy atom. The second-order valence-corrected chi connectivity index (χ2v) is 8.27. The molecule has 1 aliphatic heterocycles. The summed E-state index contributed by atoms with van der Waals surface area (Å²) in [6.45, 7) is 3.56. The van der Waals surface area contributed by atoms with Crippen LogP contribution >= 0.6 is 0 Å². The lowest BCUT2D eigenvalue weighted by molar-refractivity contribution is -0.132. The summed E-state index contributed by atoms with van der Waals surface area (Å²) < 4.78 is 18.6. The second kappa shape index (κ2) is 9.54. The van der Waals surface area contributed by atoms with E-state index in [4.69, 9.17) is 4.74 Å². The van der Waals surface area contributed by atoms with Crippen molar-refractivity contribution in [3.8, 4) is 0 Å². The van der Waals surface area contributed by atoms with Crippen LogP contribution in [0.2, 0.25) is 0 Å². The summed E-state index contributed by atoms with van der Waals surface area (Å²) in [5.41, 5.74) is 2.57. The highest BCUT2D eigenvalue weighted by molar-refractivity contribution is 6.51. The number of Topliss-reactive ketones (excluding diaryl/α,β-unsaturated/α-hetero) is 1. The minimum Gasteiger partial charge on any atom is -0.507 e. The number of methoxy groups -OCH3 is 1. The average molecular weight is 474 g/mol. The molecule has 0 radical (unpaired) electrons. The third-order valence-corrected chi connectivity index (χ3v) is 6.12. The Labute approximate surface area is 202 Å². The number of halogens is 1. The predicted molar refractivity (Wildman–Crippen MR) is 130 cm³/mol. The van der Waals surface area contributed by atoms with Gasteiger partial charge in [-0.05, 0) is 66.4 Å².